The molecule has 4 heteroatoms. The summed E-state index contributed by atoms with van der Waals surface area (Å²) in [5, 5.41) is 9.51. The third-order valence-electron chi connectivity index (χ3n) is 2.26. The molecule has 0 heterocycles. The summed E-state index contributed by atoms with van der Waals surface area (Å²) in [5.74, 6) is -0.956. The number of nitriles is 1. The Morgan fingerprint density at radius 3 is 2.44 bits per heavy atom. The number of rotatable bonds is 4. The van der Waals surface area contributed by atoms with Crippen molar-refractivity contribution in [3.8, 4) is 6.07 Å². The van der Waals surface area contributed by atoms with Gasteiger partial charge in [0.15, 0.2) is 5.78 Å². The van der Waals surface area contributed by atoms with E-state index < -0.39 is 5.92 Å². The molecule has 0 aliphatic rings. The lowest BCUT2D eigenvalue weighted by Gasteiger charge is -2.09. The minimum Gasteiger partial charge on any atom is -0.293 e. The Bertz CT molecular complexity index is 417. The van der Waals surface area contributed by atoms with Gasteiger partial charge in [0.25, 0.3) is 0 Å². The highest BCUT2D eigenvalue weighted by atomic mass is 35.5. The molecule has 0 saturated carbocycles. The number of Topliss-reactive ketones (excluding diaryl/α,β-unsaturated/α-hetero) is 1. The van der Waals surface area contributed by atoms with Gasteiger partial charge in [-0.2, -0.15) is 5.26 Å². The van der Waals surface area contributed by atoms with Gasteiger partial charge in [-0.25, -0.2) is 0 Å². The number of ketones is 1. The van der Waals surface area contributed by atoms with Crippen LogP contribution in [0, 0.1) is 17.2 Å². The molecule has 16 heavy (non-hydrogen) atoms. The van der Waals surface area contributed by atoms with E-state index in [1.807, 2.05) is 13.0 Å². The monoisotopic (exact) mass is 255 g/mol. The van der Waals surface area contributed by atoms with Gasteiger partial charge in [0.2, 0.25) is 0 Å². The van der Waals surface area contributed by atoms with Crippen LogP contribution >= 0.6 is 23.2 Å². The SMILES string of the molecule is CCCC(C#N)C(=O)c1c(Cl)cccc1Cl. The van der Waals surface area contributed by atoms with E-state index in [4.69, 9.17) is 28.5 Å². The number of benzene rings is 1. The number of nitrogens with zero attached hydrogens (tertiary/aromatic N) is 1. The lowest BCUT2D eigenvalue weighted by Crippen LogP contribution is -2.13. The highest BCUT2D eigenvalue weighted by Gasteiger charge is 2.23. The molecule has 0 radical (unpaired) electrons. The van der Waals surface area contributed by atoms with Crippen LogP contribution in [0.4, 0.5) is 0 Å². The molecule has 2 nitrogen and oxygen atoms in total. The lowest BCUT2D eigenvalue weighted by molar-refractivity contribution is 0.0944. The van der Waals surface area contributed by atoms with Crippen molar-refractivity contribution in [2.24, 2.45) is 5.92 Å². The van der Waals surface area contributed by atoms with E-state index in [1.54, 1.807) is 18.2 Å². The van der Waals surface area contributed by atoms with Gasteiger partial charge in [-0.15, -0.1) is 0 Å². The van der Waals surface area contributed by atoms with Gasteiger partial charge in [0.05, 0.1) is 21.7 Å². The molecule has 0 aliphatic heterocycles. The van der Waals surface area contributed by atoms with E-state index in [0.717, 1.165) is 6.42 Å². The van der Waals surface area contributed by atoms with Crippen molar-refractivity contribution >= 4 is 29.0 Å². The first kappa shape index (κ1) is 13.0. The van der Waals surface area contributed by atoms with Crippen LogP contribution in [0.2, 0.25) is 10.0 Å². The molecule has 0 N–H and O–H groups in total. The van der Waals surface area contributed by atoms with Crippen LogP contribution in [-0.2, 0) is 0 Å². The van der Waals surface area contributed by atoms with Gasteiger partial charge in [0.1, 0.15) is 5.92 Å². The zero-order valence-electron chi connectivity index (χ0n) is 8.84. The van der Waals surface area contributed by atoms with Crippen LogP contribution in [-0.4, -0.2) is 5.78 Å². The standard InChI is InChI=1S/C12H11Cl2NO/c1-2-4-8(7-15)12(16)11-9(13)5-3-6-10(11)14/h3,5-6,8H,2,4H2,1H3. The Hall–Kier alpha value is -1.04. The van der Waals surface area contributed by atoms with Gasteiger partial charge in [-0.05, 0) is 18.6 Å². The summed E-state index contributed by atoms with van der Waals surface area (Å²) >= 11 is 11.8. The normalized spacial score (nSPS) is 11.9. The Balaban J connectivity index is 3.09. The van der Waals surface area contributed by atoms with Crippen LogP contribution in [0.25, 0.3) is 0 Å². The van der Waals surface area contributed by atoms with Gasteiger partial charge < -0.3 is 0 Å². The summed E-state index contributed by atoms with van der Waals surface area (Å²) in [4.78, 5) is 12.0. The van der Waals surface area contributed by atoms with E-state index in [1.165, 1.54) is 0 Å². The fourth-order valence-corrected chi connectivity index (χ4v) is 2.03. The molecule has 0 amide bonds. The molecule has 0 spiro atoms. The van der Waals surface area contributed by atoms with E-state index in [0.29, 0.717) is 16.5 Å². The minimum atomic E-state index is -0.664. The molecule has 1 aromatic carbocycles. The molecule has 1 atom stereocenters. The van der Waals surface area contributed by atoms with Gasteiger partial charge in [0, 0.05) is 0 Å². The van der Waals surface area contributed by atoms with Crippen molar-refractivity contribution < 1.29 is 4.79 Å². The lowest BCUT2D eigenvalue weighted by atomic mass is 9.95. The summed E-state index contributed by atoms with van der Waals surface area (Å²) in [6.07, 6.45) is 1.29. The topological polar surface area (TPSA) is 40.9 Å². The molecule has 0 bridgehead atoms. The molecular formula is C12H11Cl2NO. The minimum absolute atomic E-state index is 0.255. The molecule has 84 valence electrons. The third kappa shape index (κ3) is 2.75. The highest BCUT2D eigenvalue weighted by molar-refractivity contribution is 6.40. The predicted octanol–water partition coefficient (Wildman–Crippen LogP) is 4.12. The Labute approximate surface area is 105 Å². The number of hydrogen-bond acceptors (Lipinski definition) is 2. The van der Waals surface area contributed by atoms with Crippen molar-refractivity contribution in [2.45, 2.75) is 19.8 Å². The predicted molar refractivity (Wildman–Crippen MR) is 64.8 cm³/mol. The Morgan fingerprint density at radius 1 is 1.44 bits per heavy atom. The summed E-state index contributed by atoms with van der Waals surface area (Å²) < 4.78 is 0. The summed E-state index contributed by atoms with van der Waals surface area (Å²) in [5.41, 5.74) is 0.255. The Morgan fingerprint density at radius 2 is 2.00 bits per heavy atom. The quantitative estimate of drug-likeness (QED) is 0.760. The summed E-state index contributed by atoms with van der Waals surface area (Å²) in [7, 11) is 0. The van der Waals surface area contributed by atoms with Crippen LogP contribution in [0.1, 0.15) is 30.1 Å². The van der Waals surface area contributed by atoms with Crippen LogP contribution in [0.3, 0.4) is 0 Å². The van der Waals surface area contributed by atoms with E-state index in [2.05, 4.69) is 0 Å². The average Bonchev–Trinajstić information content (AvgIpc) is 2.25. The third-order valence-corrected chi connectivity index (χ3v) is 2.89. The number of carbonyl (C=O) groups excluding carboxylic acids is 1. The van der Waals surface area contributed by atoms with E-state index in [-0.39, 0.29) is 11.3 Å². The van der Waals surface area contributed by atoms with Crippen molar-refractivity contribution in [1.29, 1.82) is 5.26 Å². The largest absolute Gasteiger partial charge is 0.293 e. The fraction of sp³-hybridized carbons (Fsp3) is 0.333. The van der Waals surface area contributed by atoms with Gasteiger partial charge in [-0.3, -0.25) is 4.79 Å². The fourth-order valence-electron chi connectivity index (χ4n) is 1.45. The maximum absolute atomic E-state index is 12.0. The van der Waals surface area contributed by atoms with E-state index in [9.17, 15) is 4.79 Å². The van der Waals surface area contributed by atoms with Crippen LogP contribution in [0.5, 0.6) is 0 Å². The van der Waals surface area contributed by atoms with E-state index >= 15 is 0 Å². The maximum Gasteiger partial charge on any atom is 0.182 e. The first-order valence-electron chi connectivity index (χ1n) is 4.99. The second kappa shape index (κ2) is 5.89. The second-order valence-corrected chi connectivity index (χ2v) is 4.25. The first-order valence-corrected chi connectivity index (χ1v) is 5.75. The molecule has 0 fully saturated rings. The van der Waals surface area contributed by atoms with Crippen LogP contribution in [0.15, 0.2) is 18.2 Å². The molecule has 1 aromatic rings. The van der Waals surface area contributed by atoms with Crippen molar-refractivity contribution in [3.63, 3.8) is 0 Å². The van der Waals surface area contributed by atoms with Crippen molar-refractivity contribution in [2.75, 3.05) is 0 Å². The Kier molecular flexibility index (Phi) is 4.79. The van der Waals surface area contributed by atoms with Crippen molar-refractivity contribution in [1.82, 2.24) is 0 Å². The molecule has 1 rings (SSSR count). The second-order valence-electron chi connectivity index (χ2n) is 3.43. The number of hydrogen-bond donors (Lipinski definition) is 0. The molecule has 0 aromatic heterocycles. The molecule has 0 aliphatic carbocycles. The maximum atomic E-state index is 12.0. The number of carbonyl (C=O) groups is 1. The molecule has 0 saturated heterocycles. The number of halogens is 2. The highest BCUT2D eigenvalue weighted by Crippen LogP contribution is 2.27. The summed E-state index contributed by atoms with van der Waals surface area (Å²) in [6.45, 7) is 1.92. The molecule has 1 unspecified atom stereocenters. The smallest absolute Gasteiger partial charge is 0.182 e. The van der Waals surface area contributed by atoms with Gasteiger partial charge >= 0.3 is 0 Å². The summed E-state index contributed by atoms with van der Waals surface area (Å²) in [6, 6.07) is 6.85. The zero-order chi connectivity index (χ0) is 12.1. The zero-order valence-corrected chi connectivity index (χ0v) is 10.3. The van der Waals surface area contributed by atoms with Crippen LogP contribution < -0.4 is 0 Å². The first-order chi connectivity index (χ1) is 7.61. The van der Waals surface area contributed by atoms with Gasteiger partial charge in [-0.1, -0.05) is 42.6 Å². The van der Waals surface area contributed by atoms with Crippen molar-refractivity contribution in [3.05, 3.63) is 33.8 Å². The average molecular weight is 256 g/mol. The molecular weight excluding hydrogens is 245 g/mol.